The second-order valence-corrected chi connectivity index (χ2v) is 3.43. The van der Waals surface area contributed by atoms with Crippen LogP contribution in [0, 0.1) is 0 Å². The van der Waals surface area contributed by atoms with Gasteiger partial charge in [0.25, 0.3) is 0 Å². The highest BCUT2D eigenvalue weighted by molar-refractivity contribution is 4.93. The highest BCUT2D eigenvalue weighted by Crippen LogP contribution is 1.92. The van der Waals surface area contributed by atoms with Crippen molar-refractivity contribution in [1.29, 1.82) is 0 Å². The third kappa shape index (κ3) is 5.51. The molecule has 0 spiro atoms. The van der Waals surface area contributed by atoms with E-state index in [1.54, 1.807) is 13.4 Å². The molecule has 2 N–H and O–H groups in total. The lowest BCUT2D eigenvalue weighted by atomic mass is 10.3. The van der Waals surface area contributed by atoms with E-state index < -0.39 is 0 Å². The molecule has 1 rings (SSSR count). The Balaban J connectivity index is 2.01. The van der Waals surface area contributed by atoms with Gasteiger partial charge in [-0.25, -0.2) is 4.98 Å². The van der Waals surface area contributed by atoms with Crippen molar-refractivity contribution >= 4 is 0 Å². The van der Waals surface area contributed by atoms with Gasteiger partial charge in [-0.1, -0.05) is 0 Å². The maximum atomic E-state index is 5.39. The summed E-state index contributed by atoms with van der Waals surface area (Å²) < 4.78 is 10.3. The Hall–Kier alpha value is -0.910. The van der Waals surface area contributed by atoms with Crippen LogP contribution in [-0.2, 0) is 16.0 Å². The molecule has 5 nitrogen and oxygen atoms in total. The minimum Gasteiger partial charge on any atom is -0.382 e. The molecule has 1 atom stereocenters. The van der Waals surface area contributed by atoms with E-state index in [1.807, 2.05) is 6.20 Å². The number of nitrogens with zero attached hydrogens (tertiary/aromatic N) is 1. The van der Waals surface area contributed by atoms with Crippen LogP contribution in [0.4, 0.5) is 0 Å². The Morgan fingerprint density at radius 1 is 1.53 bits per heavy atom. The largest absolute Gasteiger partial charge is 0.382 e. The van der Waals surface area contributed by atoms with Gasteiger partial charge in [0.15, 0.2) is 0 Å². The van der Waals surface area contributed by atoms with Crippen molar-refractivity contribution in [2.24, 2.45) is 0 Å². The summed E-state index contributed by atoms with van der Waals surface area (Å²) in [7, 11) is 1.67. The van der Waals surface area contributed by atoms with E-state index in [9.17, 15) is 0 Å². The number of nitrogens with one attached hydrogen (secondary N) is 2. The summed E-state index contributed by atoms with van der Waals surface area (Å²) in [6.07, 6.45) is 3.49. The van der Waals surface area contributed by atoms with Crippen LogP contribution in [0.3, 0.4) is 0 Å². The second kappa shape index (κ2) is 7.39. The van der Waals surface area contributed by atoms with E-state index >= 15 is 0 Å². The quantitative estimate of drug-likeness (QED) is 0.619. The van der Waals surface area contributed by atoms with E-state index in [0.717, 1.165) is 12.2 Å². The molecule has 15 heavy (non-hydrogen) atoms. The maximum Gasteiger partial charge on any atom is 0.0922 e. The third-order valence-electron chi connectivity index (χ3n) is 2.00. The summed E-state index contributed by atoms with van der Waals surface area (Å²) >= 11 is 0. The van der Waals surface area contributed by atoms with Gasteiger partial charge in [-0.15, -0.1) is 0 Å². The van der Waals surface area contributed by atoms with Crippen LogP contribution in [-0.4, -0.2) is 42.9 Å². The first-order valence-electron chi connectivity index (χ1n) is 5.10. The fraction of sp³-hybridized carbons (Fsp3) is 0.700. The van der Waals surface area contributed by atoms with Crippen molar-refractivity contribution in [2.45, 2.75) is 19.5 Å². The van der Waals surface area contributed by atoms with Crippen LogP contribution in [0.1, 0.15) is 12.6 Å². The van der Waals surface area contributed by atoms with Crippen molar-refractivity contribution in [1.82, 2.24) is 15.3 Å². The molecule has 0 saturated carbocycles. The number of hydrogen-bond acceptors (Lipinski definition) is 4. The number of imidazole rings is 1. The molecule has 0 fully saturated rings. The number of rotatable bonds is 8. The number of hydrogen-bond donors (Lipinski definition) is 2. The highest BCUT2D eigenvalue weighted by Gasteiger charge is 2.01. The molecule has 86 valence electrons. The van der Waals surface area contributed by atoms with Crippen molar-refractivity contribution in [3.63, 3.8) is 0 Å². The molecule has 0 aliphatic carbocycles. The Kier molecular flexibility index (Phi) is 5.99. The molecule has 0 amide bonds. The van der Waals surface area contributed by atoms with Gasteiger partial charge in [0.2, 0.25) is 0 Å². The fourth-order valence-electron chi connectivity index (χ4n) is 1.13. The second-order valence-electron chi connectivity index (χ2n) is 3.43. The molecule has 1 aromatic heterocycles. The minimum absolute atomic E-state index is 0.324. The zero-order valence-corrected chi connectivity index (χ0v) is 9.32. The molecule has 0 saturated heterocycles. The summed E-state index contributed by atoms with van der Waals surface area (Å²) in [6, 6.07) is 0.324. The first-order chi connectivity index (χ1) is 7.33. The fourth-order valence-corrected chi connectivity index (χ4v) is 1.13. The lowest BCUT2D eigenvalue weighted by Crippen LogP contribution is -2.30. The maximum absolute atomic E-state index is 5.39. The molecule has 0 aromatic carbocycles. The van der Waals surface area contributed by atoms with Crippen molar-refractivity contribution in [2.75, 3.05) is 26.9 Å². The molecular formula is C10H19N3O2. The van der Waals surface area contributed by atoms with Gasteiger partial charge in [-0.2, -0.15) is 0 Å². The first-order valence-corrected chi connectivity index (χ1v) is 5.10. The third-order valence-corrected chi connectivity index (χ3v) is 2.00. The van der Waals surface area contributed by atoms with E-state index in [-0.39, 0.29) is 0 Å². The highest BCUT2D eigenvalue weighted by atomic mass is 16.5. The Morgan fingerprint density at radius 2 is 2.40 bits per heavy atom. The molecular weight excluding hydrogens is 194 g/mol. The summed E-state index contributed by atoms with van der Waals surface area (Å²) in [5.41, 5.74) is 1.08. The van der Waals surface area contributed by atoms with Gasteiger partial charge in [-0.3, -0.25) is 0 Å². The monoisotopic (exact) mass is 213 g/mol. The SMILES string of the molecule is COCCOCC(C)NCc1cnc[nH]1. The van der Waals surface area contributed by atoms with Crippen LogP contribution in [0.25, 0.3) is 0 Å². The lowest BCUT2D eigenvalue weighted by Gasteiger charge is -2.13. The minimum atomic E-state index is 0.324. The topological polar surface area (TPSA) is 59.2 Å². The summed E-state index contributed by atoms with van der Waals surface area (Å²) in [5, 5.41) is 3.32. The molecule has 1 aromatic rings. The lowest BCUT2D eigenvalue weighted by molar-refractivity contribution is 0.0608. The van der Waals surface area contributed by atoms with Crippen LogP contribution in [0.5, 0.6) is 0 Å². The average Bonchev–Trinajstić information content (AvgIpc) is 2.74. The zero-order valence-electron chi connectivity index (χ0n) is 9.32. The first kappa shape index (κ1) is 12.2. The predicted octanol–water partition coefficient (Wildman–Crippen LogP) is 0.551. The van der Waals surface area contributed by atoms with E-state index in [1.165, 1.54) is 0 Å². The van der Waals surface area contributed by atoms with Gasteiger partial charge in [0, 0.05) is 31.6 Å². The van der Waals surface area contributed by atoms with Crippen LogP contribution in [0.15, 0.2) is 12.5 Å². The van der Waals surface area contributed by atoms with Crippen LogP contribution < -0.4 is 5.32 Å². The molecule has 1 heterocycles. The summed E-state index contributed by atoms with van der Waals surface area (Å²) in [4.78, 5) is 6.98. The van der Waals surface area contributed by atoms with Crippen LogP contribution in [0.2, 0.25) is 0 Å². The molecule has 0 aliphatic heterocycles. The molecule has 0 bridgehead atoms. The number of H-pyrrole nitrogens is 1. The Labute approximate surface area is 90.2 Å². The van der Waals surface area contributed by atoms with Crippen LogP contribution >= 0.6 is 0 Å². The standard InChI is InChI=1S/C10H19N3O2/c1-9(7-15-4-3-14-2)12-6-10-5-11-8-13-10/h5,8-9,12H,3-4,6-7H2,1-2H3,(H,11,13). The summed E-state index contributed by atoms with van der Waals surface area (Å²) in [6.45, 7) is 4.86. The van der Waals surface area contributed by atoms with E-state index in [0.29, 0.717) is 25.9 Å². The van der Waals surface area contributed by atoms with Crippen molar-refractivity contribution < 1.29 is 9.47 Å². The zero-order chi connectivity index (χ0) is 10.9. The van der Waals surface area contributed by atoms with Gasteiger partial charge in [0.05, 0.1) is 26.1 Å². The molecule has 1 unspecified atom stereocenters. The molecule has 5 heteroatoms. The number of methoxy groups -OCH3 is 1. The predicted molar refractivity (Wildman–Crippen MR) is 57.6 cm³/mol. The number of ether oxygens (including phenoxy) is 2. The smallest absolute Gasteiger partial charge is 0.0922 e. The Morgan fingerprint density at radius 3 is 3.07 bits per heavy atom. The van der Waals surface area contributed by atoms with E-state index in [4.69, 9.17) is 9.47 Å². The van der Waals surface area contributed by atoms with Crippen molar-refractivity contribution in [3.8, 4) is 0 Å². The van der Waals surface area contributed by atoms with Crippen molar-refractivity contribution in [3.05, 3.63) is 18.2 Å². The van der Waals surface area contributed by atoms with Gasteiger partial charge in [0.1, 0.15) is 0 Å². The van der Waals surface area contributed by atoms with Gasteiger partial charge < -0.3 is 19.8 Å². The number of aromatic nitrogens is 2. The molecule has 0 aliphatic rings. The van der Waals surface area contributed by atoms with Gasteiger partial charge >= 0.3 is 0 Å². The molecule has 0 radical (unpaired) electrons. The number of aromatic amines is 1. The average molecular weight is 213 g/mol. The summed E-state index contributed by atoms with van der Waals surface area (Å²) in [5.74, 6) is 0. The van der Waals surface area contributed by atoms with E-state index in [2.05, 4.69) is 22.2 Å². The Bertz CT molecular complexity index is 239. The normalized spacial score (nSPS) is 12.9. The van der Waals surface area contributed by atoms with Gasteiger partial charge in [-0.05, 0) is 6.92 Å².